The number of nitrogens with zero attached hydrogens (tertiary/aromatic N) is 3. The lowest BCUT2D eigenvalue weighted by atomic mass is 10.1. The van der Waals surface area contributed by atoms with Crippen molar-refractivity contribution in [2.45, 2.75) is 33.2 Å². The molecule has 0 unspecified atom stereocenters. The largest absolute Gasteiger partial charge is 0.356 e. The van der Waals surface area contributed by atoms with Gasteiger partial charge in [-0.1, -0.05) is 24.3 Å². The van der Waals surface area contributed by atoms with Crippen LogP contribution in [0.4, 0.5) is 0 Å². The van der Waals surface area contributed by atoms with Crippen molar-refractivity contribution in [1.29, 1.82) is 0 Å². The smallest absolute Gasteiger partial charge is 0.193 e. The fourth-order valence-electron chi connectivity index (χ4n) is 2.46. The van der Waals surface area contributed by atoms with Crippen molar-refractivity contribution < 1.29 is 0 Å². The van der Waals surface area contributed by atoms with Crippen LogP contribution in [0.1, 0.15) is 28.2 Å². The highest BCUT2D eigenvalue weighted by Crippen LogP contribution is 2.11. The third-order valence-electron chi connectivity index (χ3n) is 3.76. The maximum atomic E-state index is 4.50. The van der Waals surface area contributed by atoms with Gasteiger partial charge in [0.2, 0.25) is 0 Å². The maximum Gasteiger partial charge on any atom is 0.193 e. The van der Waals surface area contributed by atoms with Gasteiger partial charge in [-0.05, 0) is 31.4 Å². The molecule has 0 radical (unpaired) electrons. The van der Waals surface area contributed by atoms with E-state index in [9.17, 15) is 0 Å². The van der Waals surface area contributed by atoms with Gasteiger partial charge in [-0.2, -0.15) is 0 Å². The Bertz CT molecular complexity index is 654. The zero-order valence-electron chi connectivity index (χ0n) is 14.9. The third-order valence-corrected chi connectivity index (χ3v) is 4.79. The summed E-state index contributed by atoms with van der Waals surface area (Å²) in [4.78, 5) is 11.0. The summed E-state index contributed by atoms with van der Waals surface area (Å²) in [6.07, 6.45) is 2.08. The highest BCUT2D eigenvalue weighted by molar-refractivity contribution is 14.0. The van der Waals surface area contributed by atoms with E-state index in [2.05, 4.69) is 63.8 Å². The molecule has 0 fully saturated rings. The van der Waals surface area contributed by atoms with E-state index >= 15 is 0 Å². The average molecular weight is 458 g/mol. The molecule has 1 heterocycles. The first-order chi connectivity index (χ1) is 11.1. The molecule has 4 nitrogen and oxygen atoms in total. The second kappa shape index (κ2) is 10.7. The Morgan fingerprint density at radius 2 is 2.04 bits per heavy atom. The van der Waals surface area contributed by atoms with Crippen LogP contribution >= 0.6 is 35.3 Å². The Morgan fingerprint density at radius 3 is 2.67 bits per heavy atom. The number of aromatic nitrogens is 1. The SMILES string of the molecule is CN=C(NCCCc1nc(C)cs1)N(C)Cc1ccccc1C.I. The van der Waals surface area contributed by atoms with Crippen LogP contribution in [0.25, 0.3) is 0 Å². The van der Waals surface area contributed by atoms with Gasteiger partial charge < -0.3 is 10.2 Å². The molecular weight excluding hydrogens is 431 g/mol. The lowest BCUT2D eigenvalue weighted by molar-refractivity contribution is 0.474. The number of rotatable bonds is 6. The maximum absolute atomic E-state index is 4.50. The molecule has 0 aliphatic heterocycles. The van der Waals surface area contributed by atoms with Crippen LogP contribution in [-0.2, 0) is 13.0 Å². The molecule has 1 aromatic carbocycles. The van der Waals surface area contributed by atoms with Crippen LogP contribution in [0, 0.1) is 13.8 Å². The van der Waals surface area contributed by atoms with Crippen molar-refractivity contribution >= 4 is 41.3 Å². The van der Waals surface area contributed by atoms with Gasteiger partial charge in [0.15, 0.2) is 5.96 Å². The molecule has 0 aliphatic rings. The molecule has 1 aromatic heterocycles. The zero-order valence-corrected chi connectivity index (χ0v) is 18.0. The molecule has 0 amide bonds. The topological polar surface area (TPSA) is 40.5 Å². The normalized spacial score (nSPS) is 11.1. The van der Waals surface area contributed by atoms with Gasteiger partial charge in [0.05, 0.1) is 5.01 Å². The lowest BCUT2D eigenvalue weighted by Crippen LogP contribution is -2.39. The van der Waals surface area contributed by atoms with Gasteiger partial charge in [-0.3, -0.25) is 4.99 Å². The summed E-state index contributed by atoms with van der Waals surface area (Å²) in [5, 5.41) is 6.76. The minimum atomic E-state index is 0. The fourth-order valence-corrected chi connectivity index (χ4v) is 3.28. The van der Waals surface area contributed by atoms with E-state index in [0.717, 1.165) is 37.6 Å². The summed E-state index contributed by atoms with van der Waals surface area (Å²) in [7, 11) is 3.91. The Balaban J connectivity index is 0.00000288. The number of guanidine groups is 1. The molecule has 0 spiro atoms. The van der Waals surface area contributed by atoms with Crippen molar-refractivity contribution in [2.75, 3.05) is 20.6 Å². The lowest BCUT2D eigenvalue weighted by Gasteiger charge is -2.23. The first-order valence-corrected chi connectivity index (χ1v) is 8.85. The molecule has 1 N–H and O–H groups in total. The van der Waals surface area contributed by atoms with E-state index < -0.39 is 0 Å². The van der Waals surface area contributed by atoms with Gasteiger partial charge >= 0.3 is 0 Å². The number of thiazole rings is 1. The molecule has 2 aromatic rings. The van der Waals surface area contributed by atoms with E-state index in [1.807, 2.05) is 14.0 Å². The first-order valence-electron chi connectivity index (χ1n) is 7.97. The average Bonchev–Trinajstić information content (AvgIpc) is 2.95. The minimum absolute atomic E-state index is 0. The Labute approximate surface area is 166 Å². The molecule has 24 heavy (non-hydrogen) atoms. The number of hydrogen-bond donors (Lipinski definition) is 1. The molecule has 0 atom stereocenters. The third kappa shape index (κ3) is 6.39. The van der Waals surface area contributed by atoms with Crippen molar-refractivity contribution in [2.24, 2.45) is 4.99 Å². The Kier molecular flexibility index (Phi) is 9.28. The quantitative estimate of drug-likeness (QED) is 0.308. The van der Waals surface area contributed by atoms with E-state index in [0.29, 0.717) is 0 Å². The van der Waals surface area contributed by atoms with E-state index in [1.165, 1.54) is 16.1 Å². The molecule has 132 valence electrons. The first kappa shape index (κ1) is 20.9. The Morgan fingerprint density at radius 1 is 1.29 bits per heavy atom. The number of nitrogens with one attached hydrogen (secondary N) is 1. The highest BCUT2D eigenvalue weighted by Gasteiger charge is 2.07. The van der Waals surface area contributed by atoms with Crippen molar-refractivity contribution in [3.05, 3.63) is 51.5 Å². The van der Waals surface area contributed by atoms with Crippen molar-refractivity contribution in [3.8, 4) is 0 Å². The summed E-state index contributed by atoms with van der Waals surface area (Å²) < 4.78 is 0. The van der Waals surface area contributed by atoms with Gasteiger partial charge in [-0.15, -0.1) is 35.3 Å². The molecule has 0 aliphatic carbocycles. The predicted octanol–water partition coefficient (Wildman–Crippen LogP) is 4.02. The second-order valence-electron chi connectivity index (χ2n) is 5.74. The number of benzene rings is 1. The van der Waals surface area contributed by atoms with Crippen LogP contribution < -0.4 is 5.32 Å². The second-order valence-corrected chi connectivity index (χ2v) is 6.69. The van der Waals surface area contributed by atoms with Crippen molar-refractivity contribution in [1.82, 2.24) is 15.2 Å². The molecule has 6 heteroatoms. The number of hydrogen-bond acceptors (Lipinski definition) is 3. The fraction of sp³-hybridized carbons (Fsp3) is 0.444. The zero-order chi connectivity index (χ0) is 16.7. The molecule has 2 rings (SSSR count). The van der Waals surface area contributed by atoms with Gasteiger partial charge in [0.1, 0.15) is 0 Å². The van der Waals surface area contributed by atoms with Gasteiger partial charge in [-0.25, -0.2) is 4.98 Å². The van der Waals surface area contributed by atoms with E-state index in [4.69, 9.17) is 0 Å². The van der Waals surface area contributed by atoms with Gasteiger partial charge in [0, 0.05) is 44.7 Å². The molecule has 0 saturated carbocycles. The summed E-state index contributed by atoms with van der Waals surface area (Å²) in [5.41, 5.74) is 3.76. The standard InChI is InChI=1S/C18H26N4S.HI/c1-14-8-5-6-9-16(14)12-22(4)18(19-3)20-11-7-10-17-21-15(2)13-23-17;/h5-6,8-9,13H,7,10-12H2,1-4H3,(H,19,20);1H. The summed E-state index contributed by atoms with van der Waals surface area (Å²) >= 11 is 1.74. The summed E-state index contributed by atoms with van der Waals surface area (Å²) in [5.74, 6) is 0.934. The predicted molar refractivity (Wildman–Crippen MR) is 115 cm³/mol. The minimum Gasteiger partial charge on any atom is -0.356 e. The molecular formula is C18H27IN4S. The Hall–Kier alpha value is -1.15. The van der Waals surface area contributed by atoms with Gasteiger partial charge in [0.25, 0.3) is 0 Å². The number of halogens is 1. The van der Waals surface area contributed by atoms with E-state index in [1.54, 1.807) is 11.3 Å². The number of aryl methyl sites for hydroxylation is 3. The van der Waals surface area contributed by atoms with Crippen molar-refractivity contribution in [3.63, 3.8) is 0 Å². The summed E-state index contributed by atoms with van der Waals surface area (Å²) in [6, 6.07) is 8.48. The molecule has 0 bridgehead atoms. The van der Waals surface area contributed by atoms with E-state index in [-0.39, 0.29) is 24.0 Å². The van der Waals surface area contributed by atoms with Crippen LogP contribution in [0.5, 0.6) is 0 Å². The van der Waals surface area contributed by atoms with Crippen LogP contribution in [0.3, 0.4) is 0 Å². The summed E-state index contributed by atoms with van der Waals surface area (Å²) in [6.45, 7) is 5.96. The molecule has 0 saturated heterocycles. The van der Waals surface area contributed by atoms with Crippen LogP contribution in [-0.4, -0.2) is 36.5 Å². The van der Waals surface area contributed by atoms with Crippen LogP contribution in [0.2, 0.25) is 0 Å². The highest BCUT2D eigenvalue weighted by atomic mass is 127. The van der Waals surface area contributed by atoms with Crippen LogP contribution in [0.15, 0.2) is 34.6 Å². The number of aliphatic imine (C=N–C) groups is 1. The monoisotopic (exact) mass is 458 g/mol.